The van der Waals surface area contributed by atoms with Crippen molar-refractivity contribution in [3.8, 4) is 0 Å². The lowest BCUT2D eigenvalue weighted by atomic mass is 9.99. The average Bonchev–Trinajstić information content (AvgIpc) is 2.55. The van der Waals surface area contributed by atoms with Gasteiger partial charge in [0, 0.05) is 37.1 Å². The molecule has 1 heterocycles. The summed E-state index contributed by atoms with van der Waals surface area (Å²) in [6.07, 6.45) is 3.82. The molecule has 0 radical (unpaired) electrons. The number of aliphatic hydroxyl groups is 1. The molecule has 3 N–H and O–H groups in total. The lowest BCUT2D eigenvalue weighted by Gasteiger charge is -2.32. The maximum absolute atomic E-state index is 12.1. The molecule has 2 rings (SSSR count). The van der Waals surface area contributed by atoms with Crippen molar-refractivity contribution < 1.29 is 9.90 Å². The van der Waals surface area contributed by atoms with Crippen LogP contribution in [0.25, 0.3) is 0 Å². The van der Waals surface area contributed by atoms with E-state index in [2.05, 4.69) is 28.5 Å². The molecule has 128 valence electrons. The van der Waals surface area contributed by atoms with Gasteiger partial charge in [-0.15, -0.1) is 0 Å². The van der Waals surface area contributed by atoms with E-state index in [1.54, 1.807) is 0 Å². The Bertz CT molecular complexity index is 499. The van der Waals surface area contributed by atoms with Crippen LogP contribution in [0.15, 0.2) is 24.3 Å². The molecule has 0 saturated carbocycles. The number of urea groups is 1. The van der Waals surface area contributed by atoms with Crippen LogP contribution in [0, 0.1) is 5.92 Å². The predicted molar refractivity (Wildman–Crippen MR) is 95.0 cm³/mol. The third kappa shape index (κ3) is 5.43. The number of carbonyl (C=O) groups excluding carboxylic acids is 1. The lowest BCUT2D eigenvalue weighted by Crippen LogP contribution is -2.38. The van der Waals surface area contributed by atoms with E-state index in [1.807, 2.05) is 25.1 Å². The first-order valence-corrected chi connectivity index (χ1v) is 8.65. The van der Waals surface area contributed by atoms with Crippen molar-refractivity contribution >= 4 is 17.4 Å². The van der Waals surface area contributed by atoms with Gasteiger partial charge in [0.05, 0.1) is 0 Å². The van der Waals surface area contributed by atoms with Gasteiger partial charge in [-0.3, -0.25) is 0 Å². The van der Waals surface area contributed by atoms with Crippen LogP contribution in [0.5, 0.6) is 0 Å². The van der Waals surface area contributed by atoms with Gasteiger partial charge in [-0.25, -0.2) is 4.79 Å². The van der Waals surface area contributed by atoms with Crippen LogP contribution in [-0.2, 0) is 0 Å². The average molecular weight is 319 g/mol. The van der Waals surface area contributed by atoms with Crippen molar-refractivity contribution in [2.24, 2.45) is 5.92 Å². The molecule has 0 spiro atoms. The zero-order valence-corrected chi connectivity index (χ0v) is 14.2. The molecule has 1 aliphatic heterocycles. The third-order valence-corrected chi connectivity index (χ3v) is 4.56. The monoisotopic (exact) mass is 319 g/mol. The molecular weight excluding hydrogens is 290 g/mol. The highest BCUT2D eigenvalue weighted by Gasteiger charge is 2.16. The van der Waals surface area contributed by atoms with Crippen LogP contribution in [0.3, 0.4) is 0 Å². The van der Waals surface area contributed by atoms with Crippen molar-refractivity contribution in [3.05, 3.63) is 24.3 Å². The molecule has 5 nitrogen and oxygen atoms in total. The first kappa shape index (κ1) is 17.6. The van der Waals surface area contributed by atoms with E-state index < -0.39 is 0 Å². The Hall–Kier alpha value is -1.75. The Balaban J connectivity index is 1.93. The summed E-state index contributed by atoms with van der Waals surface area (Å²) in [7, 11) is 0. The second kappa shape index (κ2) is 8.77. The third-order valence-electron chi connectivity index (χ3n) is 4.56. The van der Waals surface area contributed by atoms with Gasteiger partial charge in [0.1, 0.15) is 0 Å². The Morgan fingerprint density at radius 1 is 1.39 bits per heavy atom. The van der Waals surface area contributed by atoms with Gasteiger partial charge in [0.15, 0.2) is 0 Å². The number of nitrogens with zero attached hydrogens (tertiary/aromatic N) is 1. The standard InChI is InChI=1S/C18H29N3O2/c1-3-15(9-12-22)19-18(23)20-16-5-4-6-17(13-16)21-10-7-14(2)8-11-21/h4-6,13-15,22H,3,7-12H2,1-2H3,(H2,19,20,23). The Labute approximate surface area is 139 Å². The minimum absolute atomic E-state index is 0.00626. The number of piperidine rings is 1. The minimum Gasteiger partial charge on any atom is -0.396 e. The SMILES string of the molecule is CCC(CCO)NC(=O)Nc1cccc(N2CCC(C)CC2)c1. The number of benzene rings is 1. The largest absolute Gasteiger partial charge is 0.396 e. The summed E-state index contributed by atoms with van der Waals surface area (Å²) in [5.74, 6) is 0.802. The predicted octanol–water partition coefficient (Wildman–Crippen LogP) is 3.21. The van der Waals surface area contributed by atoms with Gasteiger partial charge < -0.3 is 20.6 Å². The van der Waals surface area contributed by atoms with Crippen molar-refractivity contribution in [2.45, 2.75) is 45.6 Å². The summed E-state index contributed by atoms with van der Waals surface area (Å²) in [6, 6.07) is 7.81. The van der Waals surface area contributed by atoms with Crippen LogP contribution < -0.4 is 15.5 Å². The molecule has 1 aromatic carbocycles. The second-order valence-corrected chi connectivity index (χ2v) is 6.44. The van der Waals surface area contributed by atoms with E-state index in [0.29, 0.717) is 6.42 Å². The number of hydrogen-bond acceptors (Lipinski definition) is 3. The van der Waals surface area contributed by atoms with Gasteiger partial charge >= 0.3 is 6.03 Å². The molecule has 0 aliphatic carbocycles. The highest BCUT2D eigenvalue weighted by molar-refractivity contribution is 5.90. The Morgan fingerprint density at radius 3 is 2.78 bits per heavy atom. The van der Waals surface area contributed by atoms with Gasteiger partial charge in [-0.1, -0.05) is 19.9 Å². The van der Waals surface area contributed by atoms with Gasteiger partial charge in [-0.05, 0) is 49.8 Å². The zero-order chi connectivity index (χ0) is 16.7. The molecule has 1 atom stereocenters. The van der Waals surface area contributed by atoms with Crippen molar-refractivity contribution in [1.29, 1.82) is 0 Å². The summed E-state index contributed by atoms with van der Waals surface area (Å²) in [6.45, 7) is 6.53. The number of nitrogens with one attached hydrogen (secondary N) is 2. The molecule has 23 heavy (non-hydrogen) atoms. The first-order valence-electron chi connectivity index (χ1n) is 8.65. The minimum atomic E-state index is -0.213. The number of hydrogen-bond donors (Lipinski definition) is 3. The normalized spacial score (nSPS) is 16.9. The Kier molecular flexibility index (Phi) is 6.71. The molecule has 5 heteroatoms. The number of amides is 2. The maximum atomic E-state index is 12.1. The highest BCUT2D eigenvalue weighted by Crippen LogP contribution is 2.25. The van der Waals surface area contributed by atoms with E-state index in [1.165, 1.54) is 12.8 Å². The molecule has 1 fully saturated rings. The molecule has 1 aliphatic rings. The van der Waals surface area contributed by atoms with E-state index in [0.717, 1.165) is 36.8 Å². The summed E-state index contributed by atoms with van der Waals surface area (Å²) < 4.78 is 0. The van der Waals surface area contributed by atoms with Crippen LogP contribution in [-0.4, -0.2) is 36.9 Å². The number of carbonyl (C=O) groups is 1. The maximum Gasteiger partial charge on any atom is 0.319 e. The van der Waals surface area contributed by atoms with E-state index in [-0.39, 0.29) is 18.7 Å². The number of anilines is 2. The van der Waals surface area contributed by atoms with Gasteiger partial charge in [0.25, 0.3) is 0 Å². The van der Waals surface area contributed by atoms with Crippen LogP contribution in [0.1, 0.15) is 39.5 Å². The molecule has 1 unspecified atom stereocenters. The number of aliphatic hydroxyl groups excluding tert-OH is 1. The quantitative estimate of drug-likeness (QED) is 0.754. The van der Waals surface area contributed by atoms with Gasteiger partial charge in [0.2, 0.25) is 0 Å². The highest BCUT2D eigenvalue weighted by atomic mass is 16.3. The lowest BCUT2D eigenvalue weighted by molar-refractivity contribution is 0.237. The van der Waals surface area contributed by atoms with Crippen LogP contribution in [0.2, 0.25) is 0 Å². The van der Waals surface area contributed by atoms with Crippen LogP contribution in [0.4, 0.5) is 16.2 Å². The van der Waals surface area contributed by atoms with E-state index in [9.17, 15) is 4.79 Å². The fourth-order valence-electron chi connectivity index (χ4n) is 2.93. The fourth-order valence-corrected chi connectivity index (χ4v) is 2.93. The molecule has 1 saturated heterocycles. The fraction of sp³-hybridized carbons (Fsp3) is 0.611. The van der Waals surface area contributed by atoms with Gasteiger partial charge in [-0.2, -0.15) is 0 Å². The molecular formula is C18H29N3O2. The summed E-state index contributed by atoms with van der Waals surface area (Å²) >= 11 is 0. The first-order chi connectivity index (χ1) is 11.1. The Morgan fingerprint density at radius 2 is 2.13 bits per heavy atom. The summed E-state index contributed by atoms with van der Waals surface area (Å²) in [4.78, 5) is 14.4. The van der Waals surface area contributed by atoms with Crippen molar-refractivity contribution in [1.82, 2.24) is 5.32 Å². The smallest absolute Gasteiger partial charge is 0.319 e. The molecule has 1 aromatic rings. The molecule has 0 aromatic heterocycles. The summed E-state index contributed by atoms with van der Waals surface area (Å²) in [5.41, 5.74) is 1.97. The van der Waals surface area contributed by atoms with Crippen LogP contribution >= 0.6 is 0 Å². The van der Waals surface area contributed by atoms with Crippen molar-refractivity contribution in [3.63, 3.8) is 0 Å². The zero-order valence-electron chi connectivity index (χ0n) is 14.2. The molecule has 0 bridgehead atoms. The second-order valence-electron chi connectivity index (χ2n) is 6.44. The van der Waals surface area contributed by atoms with E-state index >= 15 is 0 Å². The summed E-state index contributed by atoms with van der Waals surface area (Å²) in [5, 5.41) is 14.8. The molecule has 2 amide bonds. The number of rotatable bonds is 6. The van der Waals surface area contributed by atoms with Crippen molar-refractivity contribution in [2.75, 3.05) is 29.9 Å². The van der Waals surface area contributed by atoms with E-state index in [4.69, 9.17) is 5.11 Å². The topological polar surface area (TPSA) is 64.6 Å².